The van der Waals surface area contributed by atoms with Crippen LogP contribution in [0.15, 0.2) is 5.38 Å². The first-order chi connectivity index (χ1) is 6.74. The monoisotopic (exact) mass is 212 g/mol. The van der Waals surface area contributed by atoms with Gasteiger partial charge in [-0.05, 0) is 38.8 Å². The topological polar surface area (TPSA) is 24.9 Å². The first-order valence-corrected chi connectivity index (χ1v) is 6.21. The SMILES string of the molecule is CNCCCCc1nc(C(C)C)cs1. The molecular weight excluding hydrogens is 192 g/mol. The number of hydrogen-bond acceptors (Lipinski definition) is 3. The molecule has 1 heterocycles. The smallest absolute Gasteiger partial charge is 0.0928 e. The summed E-state index contributed by atoms with van der Waals surface area (Å²) in [5.41, 5.74) is 1.25. The van der Waals surface area contributed by atoms with Crippen molar-refractivity contribution in [1.82, 2.24) is 10.3 Å². The maximum absolute atomic E-state index is 4.61. The molecule has 0 aliphatic carbocycles. The van der Waals surface area contributed by atoms with Crippen molar-refractivity contribution < 1.29 is 0 Å². The molecule has 0 amide bonds. The van der Waals surface area contributed by atoms with E-state index >= 15 is 0 Å². The van der Waals surface area contributed by atoms with E-state index < -0.39 is 0 Å². The summed E-state index contributed by atoms with van der Waals surface area (Å²) in [6.45, 7) is 5.50. The minimum atomic E-state index is 0.567. The normalized spacial score (nSPS) is 11.1. The third kappa shape index (κ3) is 3.76. The van der Waals surface area contributed by atoms with Crippen molar-refractivity contribution in [1.29, 1.82) is 0 Å². The van der Waals surface area contributed by atoms with Gasteiger partial charge in [0.1, 0.15) is 0 Å². The Labute approximate surface area is 90.8 Å². The summed E-state index contributed by atoms with van der Waals surface area (Å²) in [6.07, 6.45) is 3.62. The molecule has 14 heavy (non-hydrogen) atoms. The van der Waals surface area contributed by atoms with Gasteiger partial charge < -0.3 is 5.32 Å². The van der Waals surface area contributed by atoms with Crippen LogP contribution in [-0.4, -0.2) is 18.6 Å². The molecule has 3 heteroatoms. The Bertz CT molecular complexity index is 256. The molecule has 1 aromatic heterocycles. The van der Waals surface area contributed by atoms with Crippen LogP contribution in [-0.2, 0) is 6.42 Å². The van der Waals surface area contributed by atoms with Crippen molar-refractivity contribution >= 4 is 11.3 Å². The van der Waals surface area contributed by atoms with Crippen LogP contribution in [0.2, 0.25) is 0 Å². The molecule has 1 rings (SSSR count). The standard InChI is InChI=1S/C11H20N2S/c1-9(2)10-8-14-11(13-10)6-4-5-7-12-3/h8-9,12H,4-7H2,1-3H3. The van der Waals surface area contributed by atoms with Gasteiger partial charge in [-0.3, -0.25) is 0 Å². The van der Waals surface area contributed by atoms with Crippen molar-refractivity contribution in [2.24, 2.45) is 0 Å². The summed E-state index contributed by atoms with van der Waals surface area (Å²) in [4.78, 5) is 4.61. The van der Waals surface area contributed by atoms with E-state index in [2.05, 4.69) is 29.5 Å². The number of nitrogens with zero attached hydrogens (tertiary/aromatic N) is 1. The van der Waals surface area contributed by atoms with Gasteiger partial charge in [0.15, 0.2) is 0 Å². The number of aromatic nitrogens is 1. The number of rotatable bonds is 6. The second-order valence-electron chi connectivity index (χ2n) is 3.88. The molecule has 0 aliphatic heterocycles. The molecule has 1 N–H and O–H groups in total. The van der Waals surface area contributed by atoms with Crippen LogP contribution in [0.5, 0.6) is 0 Å². The minimum Gasteiger partial charge on any atom is -0.320 e. The molecule has 0 aromatic carbocycles. The number of hydrogen-bond donors (Lipinski definition) is 1. The van der Waals surface area contributed by atoms with Crippen LogP contribution in [0.3, 0.4) is 0 Å². The Morgan fingerprint density at radius 3 is 2.79 bits per heavy atom. The van der Waals surface area contributed by atoms with E-state index in [0.717, 1.165) is 13.0 Å². The van der Waals surface area contributed by atoms with Gasteiger partial charge in [0.25, 0.3) is 0 Å². The van der Waals surface area contributed by atoms with E-state index in [0.29, 0.717) is 5.92 Å². The fourth-order valence-electron chi connectivity index (χ4n) is 1.28. The minimum absolute atomic E-state index is 0.567. The van der Waals surface area contributed by atoms with Crippen molar-refractivity contribution in [3.05, 3.63) is 16.1 Å². The van der Waals surface area contributed by atoms with Crippen LogP contribution < -0.4 is 5.32 Å². The molecule has 1 aromatic rings. The first kappa shape index (κ1) is 11.7. The van der Waals surface area contributed by atoms with E-state index in [1.54, 1.807) is 11.3 Å². The van der Waals surface area contributed by atoms with Gasteiger partial charge in [0.2, 0.25) is 0 Å². The number of unbranched alkanes of at least 4 members (excludes halogenated alkanes) is 1. The molecule has 0 unspecified atom stereocenters. The first-order valence-electron chi connectivity index (χ1n) is 5.33. The predicted octanol–water partition coefficient (Wildman–Crippen LogP) is 2.81. The van der Waals surface area contributed by atoms with Gasteiger partial charge >= 0.3 is 0 Å². The zero-order valence-corrected chi connectivity index (χ0v) is 10.2. The molecule has 0 atom stereocenters. The summed E-state index contributed by atoms with van der Waals surface area (Å²) in [7, 11) is 2.00. The number of nitrogens with one attached hydrogen (secondary N) is 1. The van der Waals surface area contributed by atoms with Crippen molar-refractivity contribution in [3.63, 3.8) is 0 Å². The summed E-state index contributed by atoms with van der Waals surface area (Å²) >= 11 is 1.80. The Balaban J connectivity index is 2.29. The Morgan fingerprint density at radius 2 is 2.21 bits per heavy atom. The average Bonchev–Trinajstić information content (AvgIpc) is 2.61. The van der Waals surface area contributed by atoms with Crippen molar-refractivity contribution in [2.75, 3.05) is 13.6 Å². The zero-order valence-electron chi connectivity index (χ0n) is 9.34. The summed E-state index contributed by atoms with van der Waals surface area (Å²) in [5, 5.41) is 6.65. The van der Waals surface area contributed by atoms with Gasteiger partial charge in [-0.15, -0.1) is 11.3 Å². The molecule has 80 valence electrons. The third-order valence-electron chi connectivity index (χ3n) is 2.23. The number of aryl methyl sites for hydroxylation is 1. The molecule has 0 aliphatic rings. The molecule has 0 saturated heterocycles. The summed E-state index contributed by atoms with van der Waals surface area (Å²) < 4.78 is 0. The van der Waals surface area contributed by atoms with Gasteiger partial charge in [-0.1, -0.05) is 13.8 Å². The van der Waals surface area contributed by atoms with Crippen LogP contribution in [0, 0.1) is 0 Å². The van der Waals surface area contributed by atoms with Crippen LogP contribution in [0.1, 0.15) is 43.3 Å². The Kier molecular flexibility index (Phi) is 5.12. The highest BCUT2D eigenvalue weighted by atomic mass is 32.1. The van der Waals surface area contributed by atoms with Crippen molar-refractivity contribution in [3.8, 4) is 0 Å². The van der Waals surface area contributed by atoms with Crippen LogP contribution in [0.4, 0.5) is 0 Å². The lowest BCUT2D eigenvalue weighted by atomic mass is 10.2. The lowest BCUT2D eigenvalue weighted by Crippen LogP contribution is -2.07. The zero-order chi connectivity index (χ0) is 10.4. The van der Waals surface area contributed by atoms with E-state index in [-0.39, 0.29) is 0 Å². The highest BCUT2D eigenvalue weighted by Crippen LogP contribution is 2.18. The lowest BCUT2D eigenvalue weighted by molar-refractivity contribution is 0.673. The van der Waals surface area contributed by atoms with Gasteiger partial charge in [0.05, 0.1) is 10.7 Å². The van der Waals surface area contributed by atoms with Gasteiger partial charge in [0, 0.05) is 5.38 Å². The highest BCUT2D eigenvalue weighted by molar-refractivity contribution is 7.09. The maximum atomic E-state index is 4.61. The maximum Gasteiger partial charge on any atom is 0.0928 e. The fraction of sp³-hybridized carbons (Fsp3) is 0.727. The van der Waals surface area contributed by atoms with E-state index in [1.807, 2.05) is 7.05 Å². The summed E-state index contributed by atoms with van der Waals surface area (Å²) in [6, 6.07) is 0. The second kappa shape index (κ2) is 6.14. The second-order valence-corrected chi connectivity index (χ2v) is 4.82. The molecule has 0 fully saturated rings. The van der Waals surface area contributed by atoms with E-state index in [9.17, 15) is 0 Å². The molecule has 0 spiro atoms. The number of thiazole rings is 1. The van der Waals surface area contributed by atoms with Gasteiger partial charge in [-0.2, -0.15) is 0 Å². The Hall–Kier alpha value is -0.410. The molecule has 2 nitrogen and oxygen atoms in total. The van der Waals surface area contributed by atoms with Crippen LogP contribution >= 0.6 is 11.3 Å². The van der Waals surface area contributed by atoms with Crippen LogP contribution in [0.25, 0.3) is 0 Å². The molecular formula is C11H20N2S. The van der Waals surface area contributed by atoms with Crippen molar-refractivity contribution in [2.45, 2.75) is 39.0 Å². The Morgan fingerprint density at radius 1 is 1.43 bits per heavy atom. The molecule has 0 bridgehead atoms. The van der Waals surface area contributed by atoms with Gasteiger partial charge in [-0.25, -0.2) is 4.98 Å². The highest BCUT2D eigenvalue weighted by Gasteiger charge is 2.04. The predicted molar refractivity (Wildman–Crippen MR) is 63.1 cm³/mol. The third-order valence-corrected chi connectivity index (χ3v) is 3.16. The molecule has 0 saturated carbocycles. The fourth-order valence-corrected chi connectivity index (χ4v) is 2.29. The van der Waals surface area contributed by atoms with E-state index in [4.69, 9.17) is 0 Å². The quantitative estimate of drug-likeness (QED) is 0.733. The average molecular weight is 212 g/mol. The molecule has 0 radical (unpaired) electrons. The largest absolute Gasteiger partial charge is 0.320 e. The van der Waals surface area contributed by atoms with E-state index in [1.165, 1.54) is 23.5 Å². The summed E-state index contributed by atoms with van der Waals surface area (Å²) in [5.74, 6) is 0.567. The lowest BCUT2D eigenvalue weighted by Gasteiger charge is -1.98.